The van der Waals surface area contributed by atoms with E-state index in [2.05, 4.69) is 20.8 Å². The maximum Gasteiger partial charge on any atom is 0.335 e. The van der Waals surface area contributed by atoms with E-state index in [1.165, 1.54) is 0 Å². The molecule has 3 nitrogen and oxygen atoms in total. The van der Waals surface area contributed by atoms with Gasteiger partial charge in [-0.2, -0.15) is 0 Å². The van der Waals surface area contributed by atoms with E-state index < -0.39 is 5.97 Å². The number of benzene rings is 1. The van der Waals surface area contributed by atoms with Crippen LogP contribution in [0.5, 0.6) is 5.75 Å². The lowest BCUT2D eigenvalue weighted by molar-refractivity contribution is 0.0697. The second-order valence-electron chi connectivity index (χ2n) is 5.34. The molecule has 1 N–H and O–H groups in total. The first kappa shape index (κ1) is 13.6. The summed E-state index contributed by atoms with van der Waals surface area (Å²) in [6.07, 6.45) is 2.12. The number of carboxylic acids is 1. The first-order chi connectivity index (χ1) is 7.88. The van der Waals surface area contributed by atoms with Crippen LogP contribution in [0.15, 0.2) is 24.3 Å². The highest BCUT2D eigenvalue weighted by molar-refractivity contribution is 5.87. The molecule has 0 radical (unpaired) electrons. The fraction of sp³-hybridized carbons (Fsp3) is 0.500. The second-order valence-corrected chi connectivity index (χ2v) is 5.34. The van der Waals surface area contributed by atoms with Crippen molar-refractivity contribution in [1.29, 1.82) is 0 Å². The molecule has 0 fully saturated rings. The first-order valence-electron chi connectivity index (χ1n) is 5.85. The van der Waals surface area contributed by atoms with Crippen molar-refractivity contribution in [2.24, 2.45) is 5.41 Å². The molecule has 0 amide bonds. The Labute approximate surface area is 102 Å². The summed E-state index contributed by atoms with van der Waals surface area (Å²) in [6, 6.07) is 6.50. The molecule has 0 saturated carbocycles. The van der Waals surface area contributed by atoms with Crippen molar-refractivity contribution in [2.45, 2.75) is 33.6 Å². The van der Waals surface area contributed by atoms with Crippen LogP contribution in [0.25, 0.3) is 0 Å². The van der Waals surface area contributed by atoms with Gasteiger partial charge in [0.1, 0.15) is 5.75 Å². The summed E-state index contributed by atoms with van der Waals surface area (Å²) < 4.78 is 5.54. The van der Waals surface area contributed by atoms with E-state index in [0.717, 1.165) is 18.6 Å². The number of rotatable bonds is 5. The number of hydrogen-bond donors (Lipinski definition) is 1. The lowest BCUT2D eigenvalue weighted by Gasteiger charge is -2.17. The lowest BCUT2D eigenvalue weighted by atomic mass is 9.91. The fourth-order valence-corrected chi connectivity index (χ4v) is 1.49. The van der Waals surface area contributed by atoms with Gasteiger partial charge in [0.15, 0.2) is 0 Å². The van der Waals surface area contributed by atoms with Crippen LogP contribution < -0.4 is 4.74 Å². The zero-order valence-corrected chi connectivity index (χ0v) is 10.7. The number of ether oxygens (including phenoxy) is 1. The maximum atomic E-state index is 10.6. The van der Waals surface area contributed by atoms with Gasteiger partial charge >= 0.3 is 5.97 Å². The summed E-state index contributed by atoms with van der Waals surface area (Å²) in [6.45, 7) is 7.28. The third-order valence-electron chi connectivity index (χ3n) is 2.44. The van der Waals surface area contributed by atoms with E-state index in [-0.39, 0.29) is 5.56 Å². The van der Waals surface area contributed by atoms with Crippen molar-refractivity contribution in [1.82, 2.24) is 0 Å². The van der Waals surface area contributed by atoms with Gasteiger partial charge in [-0.15, -0.1) is 0 Å². The van der Waals surface area contributed by atoms with Gasteiger partial charge in [-0.3, -0.25) is 0 Å². The minimum Gasteiger partial charge on any atom is -0.494 e. The van der Waals surface area contributed by atoms with Crippen molar-refractivity contribution < 1.29 is 14.6 Å². The van der Waals surface area contributed by atoms with Gasteiger partial charge in [0.05, 0.1) is 12.2 Å². The first-order valence-corrected chi connectivity index (χ1v) is 5.85. The Hall–Kier alpha value is -1.51. The van der Waals surface area contributed by atoms with Crippen LogP contribution in [0.2, 0.25) is 0 Å². The lowest BCUT2D eigenvalue weighted by Crippen LogP contribution is -2.08. The molecule has 0 heterocycles. The molecule has 17 heavy (non-hydrogen) atoms. The molecule has 0 aliphatic rings. The minimum absolute atomic E-state index is 0.284. The van der Waals surface area contributed by atoms with Crippen molar-refractivity contribution >= 4 is 5.97 Å². The van der Waals surface area contributed by atoms with Crippen LogP contribution in [0.1, 0.15) is 44.0 Å². The molecule has 1 aromatic rings. The minimum atomic E-state index is -0.913. The molecule has 0 unspecified atom stereocenters. The molecule has 0 saturated heterocycles. The molecule has 1 aromatic carbocycles. The summed E-state index contributed by atoms with van der Waals surface area (Å²) in [5.74, 6) is -0.187. The van der Waals surface area contributed by atoms with E-state index in [1.807, 2.05) is 0 Å². The Bertz CT molecular complexity index is 360. The van der Waals surface area contributed by atoms with Crippen LogP contribution in [0.3, 0.4) is 0 Å². The highest BCUT2D eigenvalue weighted by Crippen LogP contribution is 2.21. The van der Waals surface area contributed by atoms with Gasteiger partial charge in [-0.05, 0) is 42.5 Å². The Kier molecular flexibility index (Phi) is 4.55. The summed E-state index contributed by atoms with van der Waals surface area (Å²) in [7, 11) is 0. The quantitative estimate of drug-likeness (QED) is 0.795. The normalized spacial score (nSPS) is 11.2. The summed E-state index contributed by atoms with van der Waals surface area (Å²) in [4.78, 5) is 10.6. The van der Waals surface area contributed by atoms with Crippen LogP contribution in [0, 0.1) is 5.41 Å². The smallest absolute Gasteiger partial charge is 0.335 e. The van der Waals surface area contributed by atoms with Gasteiger partial charge in [0, 0.05) is 0 Å². The molecule has 0 aliphatic heterocycles. The zero-order valence-electron chi connectivity index (χ0n) is 10.7. The monoisotopic (exact) mass is 236 g/mol. The predicted molar refractivity (Wildman–Crippen MR) is 67.6 cm³/mol. The molecular formula is C14H20O3. The second kappa shape index (κ2) is 5.71. The van der Waals surface area contributed by atoms with E-state index in [4.69, 9.17) is 9.84 Å². The van der Waals surface area contributed by atoms with Crippen LogP contribution in [-0.2, 0) is 0 Å². The van der Waals surface area contributed by atoms with E-state index in [1.54, 1.807) is 24.3 Å². The molecule has 0 spiro atoms. The zero-order chi connectivity index (χ0) is 12.9. The Morgan fingerprint density at radius 1 is 1.24 bits per heavy atom. The molecule has 1 rings (SSSR count). The highest BCUT2D eigenvalue weighted by Gasteiger charge is 2.09. The largest absolute Gasteiger partial charge is 0.494 e. The number of aromatic carboxylic acids is 1. The topological polar surface area (TPSA) is 46.5 Å². The van der Waals surface area contributed by atoms with Gasteiger partial charge in [-0.25, -0.2) is 4.79 Å². The molecule has 0 aromatic heterocycles. The Morgan fingerprint density at radius 2 is 1.82 bits per heavy atom. The summed E-state index contributed by atoms with van der Waals surface area (Å²) in [5.41, 5.74) is 0.614. The van der Waals surface area contributed by atoms with E-state index >= 15 is 0 Å². The van der Waals surface area contributed by atoms with Crippen molar-refractivity contribution in [3.8, 4) is 5.75 Å². The van der Waals surface area contributed by atoms with E-state index in [9.17, 15) is 4.79 Å². The van der Waals surface area contributed by atoms with E-state index in [0.29, 0.717) is 12.0 Å². The highest BCUT2D eigenvalue weighted by atomic mass is 16.5. The number of hydrogen-bond acceptors (Lipinski definition) is 2. The Morgan fingerprint density at radius 3 is 2.29 bits per heavy atom. The molecule has 3 heteroatoms. The van der Waals surface area contributed by atoms with Crippen LogP contribution in [-0.4, -0.2) is 17.7 Å². The summed E-state index contributed by atoms with van der Waals surface area (Å²) >= 11 is 0. The maximum absolute atomic E-state index is 10.6. The van der Waals surface area contributed by atoms with Gasteiger partial charge in [-0.1, -0.05) is 20.8 Å². The molecule has 94 valence electrons. The van der Waals surface area contributed by atoms with Gasteiger partial charge < -0.3 is 9.84 Å². The van der Waals surface area contributed by atoms with Crippen molar-refractivity contribution in [3.05, 3.63) is 29.8 Å². The molecule has 0 aliphatic carbocycles. The van der Waals surface area contributed by atoms with Crippen LogP contribution >= 0.6 is 0 Å². The number of carbonyl (C=O) groups is 1. The third-order valence-corrected chi connectivity index (χ3v) is 2.44. The SMILES string of the molecule is CC(C)(C)CCCOc1ccc(C(=O)O)cc1. The average molecular weight is 236 g/mol. The van der Waals surface area contributed by atoms with Crippen molar-refractivity contribution in [2.75, 3.05) is 6.61 Å². The third kappa shape index (κ3) is 5.38. The van der Waals surface area contributed by atoms with Gasteiger partial charge in [0.2, 0.25) is 0 Å². The predicted octanol–water partition coefficient (Wildman–Crippen LogP) is 3.59. The average Bonchev–Trinajstić information content (AvgIpc) is 2.24. The van der Waals surface area contributed by atoms with Crippen LogP contribution in [0.4, 0.5) is 0 Å². The molecule has 0 bridgehead atoms. The van der Waals surface area contributed by atoms with Crippen molar-refractivity contribution in [3.63, 3.8) is 0 Å². The molecular weight excluding hydrogens is 216 g/mol. The standard InChI is InChI=1S/C14H20O3/c1-14(2,3)9-4-10-17-12-7-5-11(6-8-12)13(15)16/h5-8H,4,9-10H2,1-3H3,(H,15,16). The fourth-order valence-electron chi connectivity index (χ4n) is 1.49. The Balaban J connectivity index is 2.35. The number of carboxylic acid groups (broad SMARTS) is 1. The van der Waals surface area contributed by atoms with Gasteiger partial charge in [0.25, 0.3) is 0 Å². The summed E-state index contributed by atoms with van der Waals surface area (Å²) in [5, 5.41) is 8.74. The molecule has 0 atom stereocenters.